The van der Waals surface area contributed by atoms with Crippen LogP contribution >= 0.6 is 0 Å². The number of H-pyrrole nitrogens is 1. The molecule has 0 saturated carbocycles. The second kappa shape index (κ2) is 8.80. The Labute approximate surface area is 214 Å². The number of nitrogens with one attached hydrogen (secondary N) is 1. The molecule has 0 atom stereocenters. The number of rotatable bonds is 1. The van der Waals surface area contributed by atoms with Crippen molar-refractivity contribution in [2.45, 2.75) is 20.8 Å². The third-order valence-corrected chi connectivity index (χ3v) is 6.62. The number of hydrogen-bond acceptors (Lipinski definition) is 3. The molecule has 6 heteroatoms. The molecule has 4 aromatic rings. The van der Waals surface area contributed by atoms with Crippen molar-refractivity contribution in [2.75, 3.05) is 0 Å². The third kappa shape index (κ3) is 3.95. The minimum Gasteiger partial charge on any atom is -0.355 e. The van der Waals surface area contributed by atoms with Gasteiger partial charge < -0.3 is 9.55 Å². The van der Waals surface area contributed by atoms with Crippen molar-refractivity contribution in [3.8, 4) is 11.3 Å². The van der Waals surface area contributed by atoms with Gasteiger partial charge in [-0.1, -0.05) is 6.07 Å². The van der Waals surface area contributed by atoms with E-state index in [1.54, 1.807) is 0 Å². The summed E-state index contributed by atoms with van der Waals surface area (Å²) in [6.07, 6.45) is 10.0. The van der Waals surface area contributed by atoms with Crippen LogP contribution in [0.2, 0.25) is 0 Å². The minimum absolute atomic E-state index is 0. The molecule has 1 N–H and O–H groups in total. The SMILES string of the molecule is Cc1cc2cc3nc(cc4nc(cc5c(-c6ccccn6)c(C)c(c(C)c1[nH]2)n5C)C=C4)C=C3.[Fe]. The van der Waals surface area contributed by atoms with Crippen LogP contribution in [0.4, 0.5) is 0 Å². The maximum Gasteiger partial charge on any atom is 0.0726 e. The Bertz CT molecular complexity index is 1690. The van der Waals surface area contributed by atoms with E-state index in [2.05, 4.69) is 67.7 Å². The first-order chi connectivity index (χ1) is 16.5. The van der Waals surface area contributed by atoms with Gasteiger partial charge in [0.2, 0.25) is 0 Å². The Kier molecular flexibility index (Phi) is 5.79. The van der Waals surface area contributed by atoms with E-state index >= 15 is 0 Å². The summed E-state index contributed by atoms with van der Waals surface area (Å²) in [5.41, 5.74) is 13.8. The maximum absolute atomic E-state index is 4.85. The van der Waals surface area contributed by atoms with Gasteiger partial charge in [0.1, 0.15) is 0 Å². The van der Waals surface area contributed by atoms with Crippen LogP contribution in [0.5, 0.6) is 0 Å². The summed E-state index contributed by atoms with van der Waals surface area (Å²) in [7, 11) is 2.13. The Morgan fingerprint density at radius 1 is 0.771 bits per heavy atom. The van der Waals surface area contributed by atoms with Gasteiger partial charge in [-0.15, -0.1) is 0 Å². The van der Waals surface area contributed by atoms with Gasteiger partial charge in [-0.3, -0.25) is 4.98 Å². The van der Waals surface area contributed by atoms with E-state index in [0.29, 0.717) is 0 Å². The van der Waals surface area contributed by atoms with Crippen LogP contribution in [0.15, 0.2) is 48.7 Å². The molecule has 2 aliphatic heterocycles. The molecule has 6 rings (SSSR count). The summed E-state index contributed by atoms with van der Waals surface area (Å²) in [5.74, 6) is 0. The van der Waals surface area contributed by atoms with Crippen LogP contribution in [0, 0.1) is 20.8 Å². The second-order valence-electron chi connectivity index (χ2n) is 8.94. The van der Waals surface area contributed by atoms with E-state index < -0.39 is 0 Å². The standard InChI is InChI=1S/C29H25N5.Fe/c1-17-13-24-15-22-9-8-20(31-22)14-21-10-11-23(32-21)16-26-27(25-7-5-6-12-30-25)18(2)29(34(26)4)19(3)28(17)33-24;/h5-16,33H,1-4H3;. The summed E-state index contributed by atoms with van der Waals surface area (Å²) < 4.78 is 2.27. The van der Waals surface area contributed by atoms with E-state index in [4.69, 9.17) is 15.0 Å². The summed E-state index contributed by atoms with van der Waals surface area (Å²) in [4.78, 5) is 17.9. The monoisotopic (exact) mass is 499 g/mol. The van der Waals surface area contributed by atoms with Gasteiger partial charge in [-0.25, -0.2) is 9.97 Å². The van der Waals surface area contributed by atoms with Crippen LogP contribution in [0.25, 0.3) is 57.6 Å². The quantitative estimate of drug-likeness (QED) is 0.258. The fourth-order valence-electron chi connectivity index (χ4n) is 5.12. The minimum atomic E-state index is 0. The van der Waals surface area contributed by atoms with Crippen molar-refractivity contribution < 1.29 is 17.1 Å². The average molecular weight is 499 g/mol. The zero-order valence-electron chi connectivity index (χ0n) is 20.1. The van der Waals surface area contributed by atoms with Crippen LogP contribution in [0.3, 0.4) is 0 Å². The summed E-state index contributed by atoms with van der Waals surface area (Å²) in [6.45, 7) is 6.53. The average Bonchev–Trinajstić information content (AvgIpc) is 3.58. The van der Waals surface area contributed by atoms with Crippen LogP contribution in [-0.2, 0) is 24.1 Å². The molecule has 174 valence electrons. The molecule has 0 amide bonds. The number of aromatic amines is 1. The van der Waals surface area contributed by atoms with Gasteiger partial charge in [0.25, 0.3) is 0 Å². The Morgan fingerprint density at radius 2 is 1.43 bits per heavy atom. The van der Waals surface area contributed by atoms with Gasteiger partial charge in [0.05, 0.1) is 34.0 Å². The third-order valence-electron chi connectivity index (χ3n) is 6.62. The molecule has 0 unspecified atom stereocenters. The number of fused-ring (bicyclic) bond motifs is 8. The van der Waals surface area contributed by atoms with E-state index in [9.17, 15) is 0 Å². The molecular formula is C29H25FeN5. The topological polar surface area (TPSA) is 59.4 Å². The number of aromatic nitrogens is 5. The number of nitrogens with zero attached hydrogens (tertiary/aromatic N) is 4. The van der Waals surface area contributed by atoms with E-state index in [1.807, 2.05) is 42.6 Å². The van der Waals surface area contributed by atoms with Crippen molar-refractivity contribution in [3.63, 3.8) is 0 Å². The molecule has 8 bridgehead atoms. The Morgan fingerprint density at radius 3 is 2.09 bits per heavy atom. The van der Waals surface area contributed by atoms with E-state index in [-0.39, 0.29) is 17.1 Å². The van der Waals surface area contributed by atoms with Crippen molar-refractivity contribution in [2.24, 2.45) is 7.05 Å². The molecule has 0 spiro atoms. The van der Waals surface area contributed by atoms with Gasteiger partial charge in [-0.05, 0) is 98.2 Å². The zero-order valence-corrected chi connectivity index (χ0v) is 21.2. The molecular weight excluding hydrogens is 474 g/mol. The van der Waals surface area contributed by atoms with Crippen LogP contribution in [0.1, 0.15) is 39.5 Å². The number of pyridine rings is 1. The smallest absolute Gasteiger partial charge is 0.0726 e. The maximum atomic E-state index is 4.85. The van der Waals surface area contributed by atoms with Crippen molar-refractivity contribution in [1.82, 2.24) is 24.5 Å². The van der Waals surface area contributed by atoms with Crippen molar-refractivity contribution >= 4 is 46.4 Å². The van der Waals surface area contributed by atoms with E-state index in [1.165, 1.54) is 22.2 Å². The van der Waals surface area contributed by atoms with Gasteiger partial charge in [0.15, 0.2) is 0 Å². The largest absolute Gasteiger partial charge is 0.355 e. The first-order valence-corrected chi connectivity index (χ1v) is 11.4. The Balaban J connectivity index is 0.00000253. The number of aryl methyl sites for hydroxylation is 4. The van der Waals surface area contributed by atoms with Gasteiger partial charge >= 0.3 is 0 Å². The van der Waals surface area contributed by atoms with Crippen molar-refractivity contribution in [3.05, 3.63) is 88.1 Å². The molecule has 0 radical (unpaired) electrons. The fourth-order valence-corrected chi connectivity index (χ4v) is 5.12. The van der Waals surface area contributed by atoms with Gasteiger partial charge in [0, 0.05) is 52.4 Å². The summed E-state index contributed by atoms with van der Waals surface area (Å²) in [6, 6.07) is 14.5. The molecule has 0 saturated heterocycles. The molecule has 0 aliphatic carbocycles. The van der Waals surface area contributed by atoms with Crippen LogP contribution in [-0.4, -0.2) is 24.5 Å². The molecule has 4 aromatic heterocycles. The first kappa shape index (κ1) is 23.0. The predicted octanol–water partition coefficient (Wildman–Crippen LogP) is 6.65. The zero-order chi connectivity index (χ0) is 23.4. The number of hydrogen-bond donors (Lipinski definition) is 1. The fraction of sp³-hybridized carbons (Fsp3) is 0.138. The molecule has 35 heavy (non-hydrogen) atoms. The van der Waals surface area contributed by atoms with Crippen LogP contribution < -0.4 is 0 Å². The van der Waals surface area contributed by atoms with Gasteiger partial charge in [-0.2, -0.15) is 0 Å². The molecule has 0 fully saturated rings. The normalized spacial score (nSPS) is 12.1. The Hall–Kier alpha value is -3.73. The first-order valence-electron chi connectivity index (χ1n) is 11.4. The second-order valence-corrected chi connectivity index (χ2v) is 8.94. The predicted molar refractivity (Wildman–Crippen MR) is 141 cm³/mol. The molecule has 0 aromatic carbocycles. The summed E-state index contributed by atoms with van der Waals surface area (Å²) >= 11 is 0. The van der Waals surface area contributed by atoms with E-state index in [0.717, 1.165) is 50.6 Å². The molecule has 5 nitrogen and oxygen atoms in total. The molecule has 6 heterocycles. The molecule has 2 aliphatic rings. The van der Waals surface area contributed by atoms with Crippen molar-refractivity contribution in [1.29, 1.82) is 0 Å². The summed E-state index contributed by atoms with van der Waals surface area (Å²) in [5, 5.41) is 0.